The third-order valence-electron chi connectivity index (χ3n) is 4.72. The summed E-state index contributed by atoms with van der Waals surface area (Å²) in [5.41, 5.74) is 2.60. The van der Waals surface area contributed by atoms with Crippen LogP contribution in [0.5, 0.6) is 11.5 Å². The number of aliphatic imine (C=N–C) groups is 1. The number of carbonyl (C=O) groups is 2. The fraction of sp³-hybridized carbons (Fsp3) is 0.0800. The molecule has 7 nitrogen and oxygen atoms in total. The first-order chi connectivity index (χ1) is 16.0. The molecule has 3 aromatic carbocycles. The number of hydrogen-bond donors (Lipinski definition) is 2. The third kappa shape index (κ3) is 5.61. The third-order valence-corrected chi connectivity index (χ3v) is 5.63. The van der Waals surface area contributed by atoms with Crippen LogP contribution in [0, 0.1) is 0 Å². The number of para-hydroxylation sites is 1. The molecule has 1 heterocycles. The molecule has 2 N–H and O–H groups in total. The number of hydrogen-bond acceptors (Lipinski definition) is 6. The number of amidine groups is 1. The van der Waals surface area contributed by atoms with Gasteiger partial charge in [-0.15, -0.1) is 0 Å². The molecule has 0 aromatic heterocycles. The monoisotopic (exact) mass is 460 g/mol. The minimum atomic E-state index is -0.971. The Morgan fingerprint density at radius 2 is 1.82 bits per heavy atom. The number of carboxylic acids is 1. The maximum Gasteiger partial charge on any atom is 0.335 e. The molecule has 1 amide bonds. The van der Waals surface area contributed by atoms with E-state index in [1.807, 2.05) is 36.4 Å². The summed E-state index contributed by atoms with van der Waals surface area (Å²) in [4.78, 5) is 28.3. The number of rotatable bonds is 7. The quantitative estimate of drug-likeness (QED) is 0.489. The van der Waals surface area contributed by atoms with Gasteiger partial charge in [-0.2, -0.15) is 0 Å². The van der Waals surface area contributed by atoms with Crippen LogP contribution < -0.4 is 14.8 Å². The minimum absolute atomic E-state index is 0.209. The number of nitrogens with zero attached hydrogens (tertiary/aromatic N) is 1. The van der Waals surface area contributed by atoms with Crippen molar-refractivity contribution in [1.29, 1.82) is 0 Å². The predicted octanol–water partition coefficient (Wildman–Crippen LogP) is 4.86. The molecule has 1 saturated heterocycles. The van der Waals surface area contributed by atoms with Crippen LogP contribution in [0.2, 0.25) is 0 Å². The standard InChI is InChI=1S/C25H20N2O5S/c1-31-21-13-17(9-12-20(21)32-15-16-7-10-18(11-8-16)24(29)30)14-22-23(28)27-25(33-22)26-19-5-3-2-4-6-19/h2-14H,15H2,1H3,(H,29,30)(H,26,27,28). The molecule has 1 aliphatic rings. The molecule has 0 bridgehead atoms. The highest BCUT2D eigenvalue weighted by Crippen LogP contribution is 2.32. The number of amides is 1. The van der Waals surface area contributed by atoms with E-state index in [0.717, 1.165) is 16.8 Å². The first kappa shape index (κ1) is 22.2. The van der Waals surface area contributed by atoms with Gasteiger partial charge < -0.3 is 19.9 Å². The summed E-state index contributed by atoms with van der Waals surface area (Å²) in [6.07, 6.45) is 1.77. The molecule has 0 unspecified atom stereocenters. The number of carboxylic acid groups (broad SMARTS) is 1. The van der Waals surface area contributed by atoms with E-state index in [2.05, 4.69) is 10.3 Å². The van der Waals surface area contributed by atoms with Gasteiger partial charge in [0.15, 0.2) is 16.7 Å². The van der Waals surface area contributed by atoms with Gasteiger partial charge in [0.05, 0.1) is 23.3 Å². The van der Waals surface area contributed by atoms with Crippen LogP contribution in [0.4, 0.5) is 5.69 Å². The van der Waals surface area contributed by atoms with E-state index in [4.69, 9.17) is 14.6 Å². The van der Waals surface area contributed by atoms with E-state index in [0.29, 0.717) is 21.6 Å². The molecule has 4 rings (SSSR count). The number of carbonyl (C=O) groups excluding carboxylic acids is 1. The highest BCUT2D eigenvalue weighted by Gasteiger charge is 2.24. The zero-order valence-corrected chi connectivity index (χ0v) is 18.5. The average Bonchev–Trinajstić information content (AvgIpc) is 3.17. The summed E-state index contributed by atoms with van der Waals surface area (Å²) in [6.45, 7) is 0.258. The van der Waals surface area contributed by atoms with Crippen molar-refractivity contribution < 1.29 is 24.2 Å². The van der Waals surface area contributed by atoms with Gasteiger partial charge in [0, 0.05) is 0 Å². The lowest BCUT2D eigenvalue weighted by molar-refractivity contribution is -0.115. The molecule has 0 aliphatic carbocycles. The number of methoxy groups -OCH3 is 1. The van der Waals surface area contributed by atoms with E-state index < -0.39 is 5.97 Å². The van der Waals surface area contributed by atoms with Crippen LogP contribution in [-0.4, -0.2) is 29.3 Å². The fourth-order valence-electron chi connectivity index (χ4n) is 3.05. The first-order valence-corrected chi connectivity index (χ1v) is 10.8. The SMILES string of the molecule is COc1cc(C=C2SC(=Nc3ccccc3)NC2=O)ccc1OCc1ccc(C(=O)O)cc1. The Labute approximate surface area is 194 Å². The van der Waals surface area contributed by atoms with E-state index in [1.54, 1.807) is 37.5 Å². The molecule has 0 saturated carbocycles. The Kier molecular flexibility index (Phi) is 6.75. The van der Waals surface area contributed by atoms with E-state index in [1.165, 1.54) is 23.9 Å². The average molecular weight is 461 g/mol. The lowest BCUT2D eigenvalue weighted by Crippen LogP contribution is -2.19. The van der Waals surface area contributed by atoms with Crippen molar-refractivity contribution in [1.82, 2.24) is 5.32 Å². The number of ether oxygens (including phenoxy) is 2. The Bertz CT molecular complexity index is 1240. The van der Waals surface area contributed by atoms with Crippen LogP contribution in [0.1, 0.15) is 21.5 Å². The Balaban J connectivity index is 1.46. The van der Waals surface area contributed by atoms with Gasteiger partial charge in [-0.1, -0.05) is 36.4 Å². The van der Waals surface area contributed by atoms with Gasteiger partial charge in [-0.05, 0) is 65.4 Å². The number of benzene rings is 3. The summed E-state index contributed by atoms with van der Waals surface area (Å²) in [5.74, 6) is -0.120. The highest BCUT2D eigenvalue weighted by molar-refractivity contribution is 8.18. The van der Waals surface area contributed by atoms with Gasteiger partial charge >= 0.3 is 5.97 Å². The summed E-state index contributed by atoms with van der Waals surface area (Å²) >= 11 is 1.27. The second kappa shape index (κ2) is 10.1. The van der Waals surface area contributed by atoms with Gasteiger partial charge in [0.25, 0.3) is 5.91 Å². The van der Waals surface area contributed by atoms with Gasteiger partial charge in [0.2, 0.25) is 0 Å². The predicted molar refractivity (Wildman–Crippen MR) is 128 cm³/mol. The van der Waals surface area contributed by atoms with Crippen molar-refractivity contribution in [3.63, 3.8) is 0 Å². The van der Waals surface area contributed by atoms with Gasteiger partial charge in [-0.25, -0.2) is 9.79 Å². The van der Waals surface area contributed by atoms with Crippen LogP contribution in [0.3, 0.4) is 0 Å². The molecule has 0 radical (unpaired) electrons. The molecule has 33 heavy (non-hydrogen) atoms. The highest BCUT2D eigenvalue weighted by atomic mass is 32.2. The number of aromatic carboxylic acids is 1. The maximum atomic E-state index is 12.4. The lowest BCUT2D eigenvalue weighted by atomic mass is 10.1. The van der Waals surface area contributed by atoms with Crippen molar-refractivity contribution in [3.05, 3.63) is 94.4 Å². The van der Waals surface area contributed by atoms with Crippen LogP contribution in [0.25, 0.3) is 6.08 Å². The van der Waals surface area contributed by atoms with Crippen molar-refractivity contribution in [2.24, 2.45) is 4.99 Å². The van der Waals surface area contributed by atoms with Crippen molar-refractivity contribution in [2.75, 3.05) is 7.11 Å². The fourth-order valence-corrected chi connectivity index (χ4v) is 3.89. The molecule has 3 aromatic rings. The normalized spacial score (nSPS) is 15.5. The van der Waals surface area contributed by atoms with Crippen LogP contribution in [0.15, 0.2) is 82.7 Å². The van der Waals surface area contributed by atoms with E-state index in [-0.39, 0.29) is 18.1 Å². The maximum absolute atomic E-state index is 12.4. The second-order valence-electron chi connectivity index (χ2n) is 7.02. The molecule has 1 fully saturated rings. The Hall–Kier alpha value is -4.04. The first-order valence-electron chi connectivity index (χ1n) is 9.99. The molecule has 0 spiro atoms. The molecule has 0 atom stereocenters. The molecular formula is C25H20N2O5S. The van der Waals surface area contributed by atoms with Crippen LogP contribution in [-0.2, 0) is 11.4 Å². The van der Waals surface area contributed by atoms with Gasteiger partial charge in [0.1, 0.15) is 6.61 Å². The Morgan fingerprint density at radius 1 is 1.06 bits per heavy atom. The molecular weight excluding hydrogens is 440 g/mol. The van der Waals surface area contributed by atoms with Crippen molar-refractivity contribution in [3.8, 4) is 11.5 Å². The van der Waals surface area contributed by atoms with Crippen LogP contribution >= 0.6 is 11.8 Å². The summed E-state index contributed by atoms with van der Waals surface area (Å²) in [6, 6.07) is 21.3. The molecule has 166 valence electrons. The zero-order valence-electron chi connectivity index (χ0n) is 17.6. The summed E-state index contributed by atoms with van der Waals surface area (Å²) in [7, 11) is 1.54. The number of thioether (sulfide) groups is 1. The number of nitrogens with one attached hydrogen (secondary N) is 1. The van der Waals surface area contributed by atoms with Crippen molar-refractivity contribution in [2.45, 2.75) is 6.61 Å². The minimum Gasteiger partial charge on any atom is -0.493 e. The summed E-state index contributed by atoms with van der Waals surface area (Å²) < 4.78 is 11.3. The zero-order chi connectivity index (χ0) is 23.2. The summed E-state index contributed by atoms with van der Waals surface area (Å²) in [5, 5.41) is 12.3. The van der Waals surface area contributed by atoms with E-state index >= 15 is 0 Å². The van der Waals surface area contributed by atoms with Crippen molar-refractivity contribution >= 4 is 40.6 Å². The Morgan fingerprint density at radius 3 is 2.52 bits per heavy atom. The molecule has 8 heteroatoms. The molecule has 1 aliphatic heterocycles. The largest absolute Gasteiger partial charge is 0.493 e. The topological polar surface area (TPSA) is 97.2 Å². The lowest BCUT2D eigenvalue weighted by Gasteiger charge is -2.11. The van der Waals surface area contributed by atoms with Gasteiger partial charge in [-0.3, -0.25) is 4.79 Å². The second-order valence-corrected chi connectivity index (χ2v) is 8.05. The smallest absolute Gasteiger partial charge is 0.335 e. The van der Waals surface area contributed by atoms with E-state index in [9.17, 15) is 9.59 Å².